The van der Waals surface area contributed by atoms with E-state index in [9.17, 15) is 22.4 Å². The number of anilines is 1. The fraction of sp³-hybridized carbons (Fsp3) is 0.381. The number of rotatable bonds is 5. The summed E-state index contributed by atoms with van der Waals surface area (Å²) >= 11 is 0. The molecule has 4 rings (SSSR count). The first-order valence-corrected chi connectivity index (χ1v) is 10.4. The molecular weight excluding hydrogens is 442 g/mol. The van der Waals surface area contributed by atoms with E-state index >= 15 is 0 Å². The van der Waals surface area contributed by atoms with E-state index in [1.54, 1.807) is 4.90 Å². The second kappa shape index (κ2) is 9.12. The van der Waals surface area contributed by atoms with Crippen molar-refractivity contribution in [3.63, 3.8) is 0 Å². The van der Waals surface area contributed by atoms with Crippen LogP contribution in [0, 0.1) is 11.7 Å². The topological polar surface area (TPSA) is 88.8 Å². The van der Waals surface area contributed by atoms with Crippen LogP contribution in [-0.2, 0) is 6.18 Å². The molecule has 2 aromatic heterocycles. The Bertz CT molecular complexity index is 1100. The average Bonchev–Trinajstić information content (AvgIpc) is 3.32. The third kappa shape index (κ3) is 4.94. The van der Waals surface area contributed by atoms with Gasteiger partial charge >= 0.3 is 6.18 Å². The molecule has 33 heavy (non-hydrogen) atoms. The van der Waals surface area contributed by atoms with Crippen LogP contribution in [0.5, 0.6) is 0 Å². The molecule has 0 aliphatic carbocycles. The van der Waals surface area contributed by atoms with Crippen LogP contribution in [0.25, 0.3) is 5.69 Å². The van der Waals surface area contributed by atoms with E-state index in [0.29, 0.717) is 12.2 Å². The van der Waals surface area contributed by atoms with E-state index in [0.717, 1.165) is 25.0 Å². The van der Waals surface area contributed by atoms with Gasteiger partial charge in [-0.1, -0.05) is 6.92 Å². The van der Waals surface area contributed by atoms with Crippen molar-refractivity contribution in [3.8, 4) is 5.69 Å². The lowest BCUT2D eigenvalue weighted by molar-refractivity contribution is -0.141. The van der Waals surface area contributed by atoms with Gasteiger partial charge in [-0.2, -0.15) is 28.2 Å². The Morgan fingerprint density at radius 2 is 1.91 bits per heavy atom. The minimum atomic E-state index is -4.57. The zero-order valence-corrected chi connectivity index (χ0v) is 17.6. The van der Waals surface area contributed by atoms with Crippen LogP contribution in [0.3, 0.4) is 0 Å². The number of alkyl halides is 3. The molecule has 2 atom stereocenters. The predicted octanol–water partition coefficient (Wildman–Crippen LogP) is 3.57. The zero-order valence-electron chi connectivity index (χ0n) is 17.6. The standard InChI is InChI=1S/C21H21F4N7O/c1-13-3-2-10-31(17(13)12-26-19-7-6-18(29-30-19)21(23,24)25)20(33)15-11-14(22)4-5-16(15)32-27-8-9-28-32/h4-9,11,13,17H,2-3,10,12H2,1H3,(H,26,30). The second-order valence-corrected chi connectivity index (χ2v) is 7.85. The molecule has 1 fully saturated rings. The summed E-state index contributed by atoms with van der Waals surface area (Å²) in [5.74, 6) is -0.675. The van der Waals surface area contributed by atoms with Gasteiger partial charge in [0.2, 0.25) is 0 Å². The molecule has 8 nitrogen and oxygen atoms in total. The first-order chi connectivity index (χ1) is 15.7. The summed E-state index contributed by atoms with van der Waals surface area (Å²) in [5.41, 5.74) is -0.605. The van der Waals surface area contributed by atoms with Gasteiger partial charge in [-0.3, -0.25) is 4.79 Å². The van der Waals surface area contributed by atoms with Crippen molar-refractivity contribution >= 4 is 11.7 Å². The van der Waals surface area contributed by atoms with E-state index in [1.165, 1.54) is 35.4 Å². The summed E-state index contributed by atoms with van der Waals surface area (Å²) in [4.78, 5) is 16.4. The fourth-order valence-electron chi connectivity index (χ4n) is 3.95. The van der Waals surface area contributed by atoms with Gasteiger partial charge in [-0.05, 0) is 49.1 Å². The van der Waals surface area contributed by atoms with Crippen LogP contribution >= 0.6 is 0 Å². The highest BCUT2D eigenvalue weighted by Crippen LogP contribution is 2.29. The third-order valence-electron chi connectivity index (χ3n) is 5.65. The van der Waals surface area contributed by atoms with Crippen LogP contribution in [-0.4, -0.2) is 55.1 Å². The van der Waals surface area contributed by atoms with Crippen LogP contribution in [0.2, 0.25) is 0 Å². The first kappa shape index (κ1) is 22.6. The summed E-state index contributed by atoms with van der Waals surface area (Å²) in [6, 6.07) is 5.59. The van der Waals surface area contributed by atoms with E-state index in [-0.39, 0.29) is 35.8 Å². The van der Waals surface area contributed by atoms with Crippen molar-refractivity contribution in [2.24, 2.45) is 5.92 Å². The third-order valence-corrected chi connectivity index (χ3v) is 5.65. The minimum absolute atomic E-state index is 0.0949. The predicted molar refractivity (Wildman–Crippen MR) is 110 cm³/mol. The molecule has 1 aliphatic rings. The lowest BCUT2D eigenvalue weighted by atomic mass is 9.90. The Morgan fingerprint density at radius 3 is 2.58 bits per heavy atom. The minimum Gasteiger partial charge on any atom is -0.367 e. The molecule has 0 bridgehead atoms. The number of hydrogen-bond donors (Lipinski definition) is 1. The highest BCUT2D eigenvalue weighted by molar-refractivity contribution is 5.98. The molecule has 174 valence electrons. The maximum atomic E-state index is 14.0. The smallest absolute Gasteiger partial charge is 0.367 e. The van der Waals surface area contributed by atoms with E-state index in [2.05, 4.69) is 25.7 Å². The fourth-order valence-corrected chi connectivity index (χ4v) is 3.95. The Morgan fingerprint density at radius 1 is 1.15 bits per heavy atom. The number of nitrogens with zero attached hydrogens (tertiary/aromatic N) is 6. The molecule has 3 heterocycles. The molecule has 1 saturated heterocycles. The van der Waals surface area contributed by atoms with Gasteiger partial charge in [0.25, 0.3) is 5.91 Å². The maximum absolute atomic E-state index is 14.0. The van der Waals surface area contributed by atoms with E-state index in [4.69, 9.17) is 0 Å². The summed E-state index contributed by atoms with van der Waals surface area (Å²) in [7, 11) is 0. The molecule has 1 amide bonds. The van der Waals surface area contributed by atoms with Crippen LogP contribution in [0.4, 0.5) is 23.4 Å². The maximum Gasteiger partial charge on any atom is 0.435 e. The van der Waals surface area contributed by atoms with Gasteiger partial charge in [0.15, 0.2) is 5.69 Å². The van der Waals surface area contributed by atoms with Gasteiger partial charge in [-0.15, -0.1) is 10.2 Å². The van der Waals surface area contributed by atoms with Crippen molar-refractivity contribution in [3.05, 3.63) is 59.8 Å². The summed E-state index contributed by atoms with van der Waals surface area (Å²) in [6.45, 7) is 2.69. The molecule has 0 saturated carbocycles. The number of hydrogen-bond acceptors (Lipinski definition) is 6. The van der Waals surface area contributed by atoms with Crippen molar-refractivity contribution in [2.45, 2.75) is 32.0 Å². The van der Waals surface area contributed by atoms with Gasteiger partial charge in [-0.25, -0.2) is 4.39 Å². The van der Waals surface area contributed by atoms with Crippen molar-refractivity contribution in [1.82, 2.24) is 30.1 Å². The largest absolute Gasteiger partial charge is 0.435 e. The Kier molecular flexibility index (Phi) is 6.25. The number of aromatic nitrogens is 5. The molecule has 0 spiro atoms. The number of carbonyl (C=O) groups excluding carboxylic acids is 1. The highest BCUT2D eigenvalue weighted by Gasteiger charge is 2.35. The second-order valence-electron chi connectivity index (χ2n) is 7.85. The van der Waals surface area contributed by atoms with Crippen LogP contribution in [0.15, 0.2) is 42.7 Å². The summed E-state index contributed by atoms with van der Waals surface area (Å²) in [6.07, 6.45) is -0.0186. The first-order valence-electron chi connectivity index (χ1n) is 10.4. The average molecular weight is 463 g/mol. The zero-order chi connectivity index (χ0) is 23.6. The Labute approximate surface area is 186 Å². The molecule has 12 heteroatoms. The van der Waals surface area contributed by atoms with Crippen LogP contribution < -0.4 is 5.32 Å². The van der Waals surface area contributed by atoms with Gasteiger partial charge in [0.1, 0.15) is 11.6 Å². The summed E-state index contributed by atoms with van der Waals surface area (Å²) < 4.78 is 52.2. The Balaban J connectivity index is 1.55. The number of nitrogens with one attached hydrogen (secondary N) is 1. The number of likely N-dealkylation sites (tertiary alicyclic amines) is 1. The molecule has 3 aromatic rings. The molecule has 0 radical (unpaired) electrons. The van der Waals surface area contributed by atoms with Crippen molar-refractivity contribution in [2.75, 3.05) is 18.4 Å². The molecular formula is C21H21F4N7O. The lowest BCUT2D eigenvalue weighted by Crippen LogP contribution is -2.51. The SMILES string of the molecule is CC1CCCN(C(=O)c2cc(F)ccc2-n2nccn2)C1CNc1ccc(C(F)(F)F)nn1. The normalized spacial score (nSPS) is 18.9. The van der Waals surface area contributed by atoms with Gasteiger partial charge < -0.3 is 10.2 Å². The molecule has 2 unspecified atom stereocenters. The van der Waals surface area contributed by atoms with E-state index < -0.39 is 17.7 Å². The quantitative estimate of drug-likeness (QED) is 0.582. The van der Waals surface area contributed by atoms with Gasteiger partial charge in [0.05, 0.1) is 29.7 Å². The van der Waals surface area contributed by atoms with Crippen molar-refractivity contribution < 1.29 is 22.4 Å². The Hall–Kier alpha value is -3.57. The number of carbonyl (C=O) groups is 1. The number of piperidine rings is 1. The van der Waals surface area contributed by atoms with Gasteiger partial charge in [0, 0.05) is 13.1 Å². The van der Waals surface area contributed by atoms with Crippen LogP contribution in [0.1, 0.15) is 35.8 Å². The molecule has 1 aromatic carbocycles. The summed E-state index contributed by atoms with van der Waals surface area (Å²) in [5, 5.41) is 17.9. The lowest BCUT2D eigenvalue weighted by Gasteiger charge is -2.40. The number of halogens is 4. The molecule has 1 aliphatic heterocycles. The molecule has 1 N–H and O–H groups in total. The number of benzene rings is 1. The van der Waals surface area contributed by atoms with E-state index in [1.807, 2.05) is 6.92 Å². The monoisotopic (exact) mass is 463 g/mol. The number of amides is 1. The highest BCUT2D eigenvalue weighted by atomic mass is 19.4. The van der Waals surface area contributed by atoms with Crippen molar-refractivity contribution in [1.29, 1.82) is 0 Å².